The Bertz CT molecular complexity index is 1550. The van der Waals surface area contributed by atoms with Gasteiger partial charge in [-0.15, -0.1) is 0 Å². The minimum Gasteiger partial charge on any atom is -0.307 e. The van der Waals surface area contributed by atoms with Crippen molar-refractivity contribution in [1.82, 2.24) is 14.0 Å². The first kappa shape index (κ1) is 21.0. The summed E-state index contributed by atoms with van der Waals surface area (Å²) in [4.78, 5) is 17.9. The second kappa shape index (κ2) is 7.46. The average Bonchev–Trinajstić information content (AvgIpc) is 2.74. The van der Waals surface area contributed by atoms with Crippen LogP contribution in [0.2, 0.25) is 0 Å². The van der Waals surface area contributed by atoms with Gasteiger partial charge < -0.3 is 4.57 Å². The molecule has 0 radical (unpaired) electrons. The highest BCUT2D eigenvalue weighted by atomic mass is 32.2. The van der Waals surface area contributed by atoms with Gasteiger partial charge in [-0.3, -0.25) is 14.6 Å². The lowest BCUT2D eigenvalue weighted by molar-refractivity contribution is 0.508. The van der Waals surface area contributed by atoms with Crippen LogP contribution in [0.5, 0.6) is 0 Å². The molecule has 0 saturated heterocycles. The van der Waals surface area contributed by atoms with Gasteiger partial charge in [-0.1, -0.05) is 30.7 Å². The van der Waals surface area contributed by atoms with Gasteiger partial charge in [0, 0.05) is 12.2 Å². The number of rotatable bonds is 4. The van der Waals surface area contributed by atoms with E-state index in [1.807, 2.05) is 33.8 Å². The van der Waals surface area contributed by atoms with Crippen LogP contribution in [0.3, 0.4) is 0 Å². The molecule has 0 aliphatic rings. The molecule has 0 fully saturated rings. The molecular formula is C23H24N4O3S. The third kappa shape index (κ3) is 3.27. The molecule has 160 valence electrons. The number of aromatic nitrogens is 3. The number of sulfone groups is 1. The SMILES string of the molecule is CC[C@@H](C)n1c(=N)c(S(=O)(=O)c2ccc(C)cc2)cc2c(=O)n3cccc(C)c3nc21. The standard InChI is InChI=1S/C23H24N4O3S/c1-5-16(4)27-20(24)19(31(29,30)17-10-8-14(2)9-11-17)13-18-22(27)25-21-15(3)7-6-12-26(21)23(18)28/h6-13,16,24H,5H2,1-4H3/t16-/m1/s1. The Hall–Kier alpha value is -3.26. The molecule has 3 aromatic heterocycles. The van der Waals surface area contributed by atoms with Crippen molar-refractivity contribution in [3.8, 4) is 0 Å². The smallest absolute Gasteiger partial charge is 0.267 e. The highest BCUT2D eigenvalue weighted by Crippen LogP contribution is 2.23. The van der Waals surface area contributed by atoms with E-state index in [2.05, 4.69) is 4.98 Å². The predicted octanol–water partition coefficient (Wildman–Crippen LogP) is 3.55. The van der Waals surface area contributed by atoms with Crippen LogP contribution in [0.15, 0.2) is 63.2 Å². The fourth-order valence-corrected chi connectivity index (χ4v) is 5.07. The Kier molecular flexibility index (Phi) is 5.05. The Morgan fingerprint density at radius 1 is 1.10 bits per heavy atom. The molecule has 1 atom stereocenters. The molecule has 0 spiro atoms. The van der Waals surface area contributed by atoms with E-state index in [1.165, 1.54) is 22.6 Å². The lowest BCUT2D eigenvalue weighted by Gasteiger charge is -2.19. The fraction of sp³-hybridized carbons (Fsp3) is 0.261. The van der Waals surface area contributed by atoms with Crippen LogP contribution in [0, 0.1) is 19.3 Å². The van der Waals surface area contributed by atoms with Crippen LogP contribution in [0.4, 0.5) is 0 Å². The number of hydrogen-bond acceptors (Lipinski definition) is 5. The average molecular weight is 437 g/mol. The number of nitrogens with zero attached hydrogens (tertiary/aromatic N) is 3. The van der Waals surface area contributed by atoms with E-state index in [9.17, 15) is 13.2 Å². The zero-order chi connectivity index (χ0) is 22.5. The maximum atomic E-state index is 13.4. The maximum absolute atomic E-state index is 13.4. The molecule has 0 aliphatic heterocycles. The Balaban J connectivity index is 2.18. The quantitative estimate of drug-likeness (QED) is 0.495. The van der Waals surface area contributed by atoms with Gasteiger partial charge in [0.2, 0.25) is 9.84 Å². The molecule has 31 heavy (non-hydrogen) atoms. The summed E-state index contributed by atoms with van der Waals surface area (Å²) in [6.45, 7) is 7.57. The summed E-state index contributed by atoms with van der Waals surface area (Å²) in [7, 11) is -4.00. The Morgan fingerprint density at radius 2 is 1.77 bits per heavy atom. The van der Waals surface area contributed by atoms with Crippen molar-refractivity contribution in [1.29, 1.82) is 5.41 Å². The van der Waals surface area contributed by atoms with Crippen LogP contribution >= 0.6 is 0 Å². The van der Waals surface area contributed by atoms with Gasteiger partial charge in [-0.2, -0.15) is 0 Å². The van der Waals surface area contributed by atoms with E-state index in [0.717, 1.165) is 11.1 Å². The molecule has 0 unspecified atom stereocenters. The first-order valence-corrected chi connectivity index (χ1v) is 11.6. The summed E-state index contributed by atoms with van der Waals surface area (Å²) in [5, 5.41) is 8.95. The van der Waals surface area contributed by atoms with E-state index in [1.54, 1.807) is 29.0 Å². The second-order valence-corrected chi connectivity index (χ2v) is 9.76. The van der Waals surface area contributed by atoms with Gasteiger partial charge in [0.1, 0.15) is 21.7 Å². The van der Waals surface area contributed by atoms with E-state index < -0.39 is 9.84 Å². The number of nitrogens with one attached hydrogen (secondary N) is 1. The van der Waals surface area contributed by atoms with Crippen LogP contribution < -0.4 is 11.0 Å². The van der Waals surface area contributed by atoms with Crippen molar-refractivity contribution in [2.45, 2.75) is 49.9 Å². The topological polar surface area (TPSA) is 97.3 Å². The number of fused-ring (bicyclic) bond motifs is 2. The van der Waals surface area contributed by atoms with Gasteiger partial charge in [0.15, 0.2) is 0 Å². The Morgan fingerprint density at radius 3 is 2.42 bits per heavy atom. The van der Waals surface area contributed by atoms with Crippen LogP contribution in [-0.2, 0) is 9.84 Å². The number of pyridine rings is 2. The van der Waals surface area contributed by atoms with Crippen LogP contribution in [0.25, 0.3) is 16.7 Å². The highest BCUT2D eigenvalue weighted by Gasteiger charge is 2.25. The number of aryl methyl sites for hydroxylation is 2. The van der Waals surface area contributed by atoms with Crippen molar-refractivity contribution in [3.63, 3.8) is 0 Å². The molecule has 0 amide bonds. The van der Waals surface area contributed by atoms with Gasteiger partial charge in [0.05, 0.1) is 10.3 Å². The molecule has 8 heteroatoms. The molecule has 4 rings (SSSR count). The predicted molar refractivity (Wildman–Crippen MR) is 119 cm³/mol. The molecule has 4 aromatic rings. The largest absolute Gasteiger partial charge is 0.307 e. The first-order chi connectivity index (χ1) is 14.7. The van der Waals surface area contributed by atoms with Gasteiger partial charge in [-0.05, 0) is 57.0 Å². The van der Waals surface area contributed by atoms with Crippen molar-refractivity contribution in [3.05, 3.63) is 75.6 Å². The molecule has 3 heterocycles. The summed E-state index contributed by atoms with van der Waals surface area (Å²) in [6, 6.07) is 11.2. The van der Waals surface area contributed by atoms with Gasteiger partial charge in [-0.25, -0.2) is 13.4 Å². The molecule has 0 aliphatic carbocycles. The maximum Gasteiger partial charge on any atom is 0.267 e. The van der Waals surface area contributed by atoms with Crippen LogP contribution in [-0.4, -0.2) is 22.4 Å². The zero-order valence-corrected chi connectivity index (χ0v) is 18.7. The molecule has 0 bridgehead atoms. The minimum atomic E-state index is -4.00. The molecule has 1 N–H and O–H groups in total. The Labute approximate surface area is 180 Å². The van der Waals surface area contributed by atoms with E-state index in [-0.39, 0.29) is 32.3 Å². The summed E-state index contributed by atoms with van der Waals surface area (Å²) in [5.74, 6) is 0. The third-order valence-electron chi connectivity index (χ3n) is 5.69. The molecule has 0 saturated carbocycles. The van der Waals surface area contributed by atoms with E-state index in [0.29, 0.717) is 17.7 Å². The lowest BCUT2D eigenvalue weighted by Crippen LogP contribution is -2.31. The van der Waals surface area contributed by atoms with Crippen molar-refractivity contribution >= 4 is 26.5 Å². The second-order valence-electron chi connectivity index (χ2n) is 7.84. The van der Waals surface area contributed by atoms with Crippen molar-refractivity contribution < 1.29 is 8.42 Å². The summed E-state index contributed by atoms with van der Waals surface area (Å²) in [6.07, 6.45) is 2.27. The van der Waals surface area contributed by atoms with Crippen molar-refractivity contribution in [2.75, 3.05) is 0 Å². The van der Waals surface area contributed by atoms with Gasteiger partial charge in [0.25, 0.3) is 5.56 Å². The molecular weight excluding hydrogens is 412 g/mol. The molecule has 1 aromatic carbocycles. The normalized spacial score (nSPS) is 13.0. The number of hydrogen-bond donors (Lipinski definition) is 1. The van der Waals surface area contributed by atoms with E-state index >= 15 is 0 Å². The molecule has 7 nitrogen and oxygen atoms in total. The minimum absolute atomic E-state index is 0.0892. The third-order valence-corrected chi connectivity index (χ3v) is 7.48. The first-order valence-electron chi connectivity index (χ1n) is 10.1. The summed E-state index contributed by atoms with van der Waals surface area (Å²) < 4.78 is 29.9. The zero-order valence-electron chi connectivity index (χ0n) is 17.9. The fourth-order valence-electron chi connectivity index (χ4n) is 3.70. The van der Waals surface area contributed by atoms with Crippen molar-refractivity contribution in [2.24, 2.45) is 0 Å². The highest BCUT2D eigenvalue weighted by molar-refractivity contribution is 7.91. The summed E-state index contributed by atoms with van der Waals surface area (Å²) in [5.41, 5.74) is 2.03. The van der Waals surface area contributed by atoms with Crippen LogP contribution in [0.1, 0.15) is 37.4 Å². The monoisotopic (exact) mass is 436 g/mol. The van der Waals surface area contributed by atoms with Gasteiger partial charge >= 0.3 is 0 Å². The van der Waals surface area contributed by atoms with E-state index in [4.69, 9.17) is 5.41 Å². The summed E-state index contributed by atoms with van der Waals surface area (Å²) >= 11 is 0. The lowest BCUT2D eigenvalue weighted by atomic mass is 10.2. The number of benzene rings is 1.